The van der Waals surface area contributed by atoms with Crippen LogP contribution in [0.2, 0.25) is 0 Å². The molecule has 0 bridgehead atoms. The largest absolute Gasteiger partial charge is 0.366 e. The quantitative estimate of drug-likeness (QED) is 0.687. The fourth-order valence-corrected chi connectivity index (χ4v) is 2.76. The Morgan fingerprint density at radius 1 is 1.56 bits per heavy atom. The summed E-state index contributed by atoms with van der Waals surface area (Å²) >= 11 is 0. The number of ether oxygens (including phenoxy) is 1. The molecular formula is C16H28O2. The van der Waals surface area contributed by atoms with Gasteiger partial charge in [0, 0.05) is 13.5 Å². The molecule has 18 heavy (non-hydrogen) atoms. The standard InChI is InChI=1S/C16H28O2/c1-12(2)7-6-8-14(4)16(18-5)10-9-13(3)11-15(16)17/h8,12-13H,6-7,9-11H2,1-5H3. The third-order valence-corrected chi connectivity index (χ3v) is 4.15. The molecule has 1 aliphatic carbocycles. The van der Waals surface area contributed by atoms with Gasteiger partial charge in [-0.1, -0.05) is 26.8 Å². The van der Waals surface area contributed by atoms with Gasteiger partial charge in [-0.3, -0.25) is 4.79 Å². The van der Waals surface area contributed by atoms with Crippen LogP contribution in [-0.4, -0.2) is 18.5 Å². The molecule has 1 aliphatic rings. The minimum Gasteiger partial charge on any atom is -0.366 e. The highest BCUT2D eigenvalue weighted by Gasteiger charge is 2.43. The van der Waals surface area contributed by atoms with Gasteiger partial charge in [-0.15, -0.1) is 0 Å². The lowest BCUT2D eigenvalue weighted by molar-refractivity contribution is -0.142. The molecule has 2 nitrogen and oxygen atoms in total. The van der Waals surface area contributed by atoms with Gasteiger partial charge in [0.05, 0.1) is 0 Å². The molecule has 0 saturated heterocycles. The van der Waals surface area contributed by atoms with E-state index in [-0.39, 0.29) is 5.78 Å². The highest BCUT2D eigenvalue weighted by molar-refractivity contribution is 5.91. The molecule has 2 unspecified atom stereocenters. The molecule has 0 radical (unpaired) electrons. The second-order valence-electron chi connectivity index (χ2n) is 6.16. The molecule has 1 fully saturated rings. The van der Waals surface area contributed by atoms with E-state index in [2.05, 4.69) is 33.8 Å². The number of carbonyl (C=O) groups excluding carboxylic acids is 1. The predicted molar refractivity (Wildman–Crippen MR) is 75.6 cm³/mol. The van der Waals surface area contributed by atoms with Gasteiger partial charge in [0.25, 0.3) is 0 Å². The maximum absolute atomic E-state index is 12.3. The Labute approximate surface area is 112 Å². The number of Topliss-reactive ketones (excluding diaryl/α,β-unsaturated/α-hetero) is 1. The Bertz CT molecular complexity index is 317. The van der Waals surface area contributed by atoms with Gasteiger partial charge in [-0.25, -0.2) is 0 Å². The van der Waals surface area contributed by atoms with E-state index in [0.29, 0.717) is 18.3 Å². The van der Waals surface area contributed by atoms with Crippen molar-refractivity contribution in [2.24, 2.45) is 11.8 Å². The maximum Gasteiger partial charge on any atom is 0.169 e. The van der Waals surface area contributed by atoms with Gasteiger partial charge in [0.15, 0.2) is 5.78 Å². The molecular weight excluding hydrogens is 224 g/mol. The molecule has 2 heteroatoms. The SMILES string of the molecule is COC1(C(C)=CCCC(C)C)CCC(C)CC1=O. The minimum absolute atomic E-state index is 0.266. The van der Waals surface area contributed by atoms with E-state index in [4.69, 9.17) is 4.74 Å². The van der Waals surface area contributed by atoms with Crippen LogP contribution in [0.1, 0.15) is 59.8 Å². The first-order valence-corrected chi connectivity index (χ1v) is 7.18. The molecule has 0 aromatic carbocycles. The Balaban J connectivity index is 2.77. The Morgan fingerprint density at radius 3 is 2.72 bits per heavy atom. The fourth-order valence-electron chi connectivity index (χ4n) is 2.76. The number of hydrogen-bond donors (Lipinski definition) is 0. The van der Waals surface area contributed by atoms with E-state index < -0.39 is 5.60 Å². The molecule has 0 N–H and O–H groups in total. The molecule has 2 atom stereocenters. The highest BCUT2D eigenvalue weighted by atomic mass is 16.5. The molecule has 1 saturated carbocycles. The summed E-state index contributed by atoms with van der Waals surface area (Å²) in [7, 11) is 1.67. The van der Waals surface area contributed by atoms with Crippen molar-refractivity contribution in [2.45, 2.75) is 65.4 Å². The van der Waals surface area contributed by atoms with Gasteiger partial charge >= 0.3 is 0 Å². The van der Waals surface area contributed by atoms with Gasteiger partial charge in [0.2, 0.25) is 0 Å². The van der Waals surface area contributed by atoms with Crippen molar-refractivity contribution in [2.75, 3.05) is 7.11 Å². The van der Waals surface area contributed by atoms with Crippen molar-refractivity contribution in [3.05, 3.63) is 11.6 Å². The van der Waals surface area contributed by atoms with Gasteiger partial charge in [-0.2, -0.15) is 0 Å². The first-order valence-electron chi connectivity index (χ1n) is 7.18. The number of carbonyl (C=O) groups is 1. The second kappa shape index (κ2) is 6.51. The topological polar surface area (TPSA) is 26.3 Å². The normalized spacial score (nSPS) is 30.0. The maximum atomic E-state index is 12.3. The molecule has 0 aromatic rings. The smallest absolute Gasteiger partial charge is 0.169 e. The molecule has 0 heterocycles. The van der Waals surface area contributed by atoms with E-state index in [1.807, 2.05) is 0 Å². The van der Waals surface area contributed by atoms with Crippen LogP contribution in [0.5, 0.6) is 0 Å². The lowest BCUT2D eigenvalue weighted by atomic mass is 9.74. The Morgan fingerprint density at radius 2 is 2.22 bits per heavy atom. The highest BCUT2D eigenvalue weighted by Crippen LogP contribution is 2.37. The molecule has 1 rings (SSSR count). The van der Waals surface area contributed by atoms with Crippen LogP contribution in [0.25, 0.3) is 0 Å². The number of ketones is 1. The van der Waals surface area contributed by atoms with E-state index in [1.165, 1.54) is 6.42 Å². The lowest BCUT2D eigenvalue weighted by Gasteiger charge is -2.37. The summed E-state index contributed by atoms with van der Waals surface area (Å²) in [6, 6.07) is 0. The average Bonchev–Trinajstić information content (AvgIpc) is 2.29. The summed E-state index contributed by atoms with van der Waals surface area (Å²) in [5.41, 5.74) is 0.492. The van der Waals surface area contributed by atoms with Gasteiger partial charge in [-0.05, 0) is 50.0 Å². The number of methoxy groups -OCH3 is 1. The zero-order chi connectivity index (χ0) is 13.8. The first kappa shape index (κ1) is 15.4. The van der Waals surface area contributed by atoms with E-state index >= 15 is 0 Å². The number of hydrogen-bond acceptors (Lipinski definition) is 2. The van der Waals surface area contributed by atoms with E-state index in [9.17, 15) is 4.79 Å². The first-order chi connectivity index (χ1) is 8.42. The zero-order valence-corrected chi connectivity index (χ0v) is 12.6. The number of rotatable bonds is 5. The van der Waals surface area contributed by atoms with Crippen LogP contribution in [0, 0.1) is 11.8 Å². The van der Waals surface area contributed by atoms with Crippen molar-refractivity contribution >= 4 is 5.78 Å². The summed E-state index contributed by atoms with van der Waals surface area (Å²) in [6.45, 7) is 8.65. The predicted octanol–water partition coefficient (Wildman–Crippen LogP) is 4.14. The van der Waals surface area contributed by atoms with Crippen LogP contribution < -0.4 is 0 Å². The van der Waals surface area contributed by atoms with Gasteiger partial charge in [0.1, 0.15) is 5.60 Å². The minimum atomic E-state index is -0.622. The number of allylic oxidation sites excluding steroid dienone is 1. The van der Waals surface area contributed by atoms with Crippen molar-refractivity contribution in [1.82, 2.24) is 0 Å². The van der Waals surface area contributed by atoms with Crippen molar-refractivity contribution < 1.29 is 9.53 Å². The summed E-state index contributed by atoms with van der Waals surface area (Å²) in [5, 5.41) is 0. The van der Waals surface area contributed by atoms with Crippen LogP contribution >= 0.6 is 0 Å². The molecule has 0 aromatic heterocycles. The monoisotopic (exact) mass is 252 g/mol. The van der Waals surface area contributed by atoms with Crippen LogP contribution in [-0.2, 0) is 9.53 Å². The van der Waals surface area contributed by atoms with Crippen molar-refractivity contribution in [3.8, 4) is 0 Å². The fraction of sp³-hybridized carbons (Fsp3) is 0.812. The molecule has 0 aliphatic heterocycles. The summed E-state index contributed by atoms with van der Waals surface area (Å²) in [4.78, 5) is 12.3. The Kier molecular flexibility index (Phi) is 5.58. The van der Waals surface area contributed by atoms with E-state index in [1.54, 1.807) is 7.11 Å². The Hall–Kier alpha value is -0.630. The average molecular weight is 252 g/mol. The zero-order valence-electron chi connectivity index (χ0n) is 12.6. The summed E-state index contributed by atoms with van der Waals surface area (Å²) < 4.78 is 5.64. The third kappa shape index (κ3) is 3.44. The van der Waals surface area contributed by atoms with Gasteiger partial charge < -0.3 is 4.74 Å². The van der Waals surface area contributed by atoms with Crippen molar-refractivity contribution in [1.29, 1.82) is 0 Å². The summed E-state index contributed by atoms with van der Waals surface area (Å²) in [6.07, 6.45) is 6.99. The molecule has 0 amide bonds. The lowest BCUT2D eigenvalue weighted by Crippen LogP contribution is -2.46. The van der Waals surface area contributed by atoms with E-state index in [0.717, 1.165) is 24.8 Å². The van der Waals surface area contributed by atoms with Crippen LogP contribution in [0.15, 0.2) is 11.6 Å². The van der Waals surface area contributed by atoms with Crippen molar-refractivity contribution in [3.63, 3.8) is 0 Å². The third-order valence-electron chi connectivity index (χ3n) is 4.15. The van der Waals surface area contributed by atoms with Crippen LogP contribution in [0.3, 0.4) is 0 Å². The second-order valence-corrected chi connectivity index (χ2v) is 6.16. The molecule has 104 valence electrons. The molecule has 0 spiro atoms. The van der Waals surface area contributed by atoms with Crippen LogP contribution in [0.4, 0.5) is 0 Å². The summed E-state index contributed by atoms with van der Waals surface area (Å²) in [5.74, 6) is 1.47.